The lowest BCUT2D eigenvalue weighted by molar-refractivity contribution is -0.138. The van der Waals surface area contributed by atoms with Crippen molar-refractivity contribution in [2.75, 3.05) is 6.61 Å². The number of rotatable bonds is 2. The number of esters is 1. The molecule has 2 aliphatic rings. The molecular weight excluding hydrogens is 236 g/mol. The Kier molecular flexibility index (Phi) is 4.11. The number of ether oxygens (including phenoxy) is 1. The highest BCUT2D eigenvalue weighted by Gasteiger charge is 2.23. The van der Waals surface area contributed by atoms with E-state index >= 15 is 0 Å². The van der Waals surface area contributed by atoms with Crippen LogP contribution < -0.4 is 0 Å². The Morgan fingerprint density at radius 3 is 2.11 bits per heavy atom. The van der Waals surface area contributed by atoms with Crippen LogP contribution in [0.1, 0.15) is 53.4 Å². The third-order valence-electron chi connectivity index (χ3n) is 3.94. The quantitative estimate of drug-likeness (QED) is 0.420. The summed E-state index contributed by atoms with van der Waals surface area (Å²) in [6, 6.07) is 0. The monoisotopic (exact) mass is 258 g/mol. The molecular formula is C17H22O2. The van der Waals surface area contributed by atoms with Crippen molar-refractivity contribution in [1.82, 2.24) is 0 Å². The van der Waals surface area contributed by atoms with E-state index in [1.807, 2.05) is 13.8 Å². The van der Waals surface area contributed by atoms with E-state index in [0.717, 1.165) is 30.4 Å². The summed E-state index contributed by atoms with van der Waals surface area (Å²) in [5, 5.41) is 0. The minimum Gasteiger partial charge on any atom is -0.463 e. The van der Waals surface area contributed by atoms with Crippen molar-refractivity contribution in [2.45, 2.75) is 53.4 Å². The highest BCUT2D eigenvalue weighted by molar-refractivity contribution is 5.90. The zero-order chi connectivity index (χ0) is 14.0. The lowest BCUT2D eigenvalue weighted by Gasteiger charge is -2.02. The van der Waals surface area contributed by atoms with Crippen LogP contribution in [0.25, 0.3) is 0 Å². The van der Waals surface area contributed by atoms with Crippen LogP contribution in [0.4, 0.5) is 0 Å². The Morgan fingerprint density at radius 1 is 1.00 bits per heavy atom. The molecule has 0 aromatic rings. The number of hydrogen-bond donors (Lipinski definition) is 0. The molecule has 0 atom stereocenters. The molecule has 0 aromatic heterocycles. The summed E-state index contributed by atoms with van der Waals surface area (Å²) in [5.41, 5.74) is 11.1. The first kappa shape index (κ1) is 13.9. The van der Waals surface area contributed by atoms with E-state index in [0.29, 0.717) is 13.0 Å². The van der Waals surface area contributed by atoms with Crippen LogP contribution in [0.3, 0.4) is 0 Å². The van der Waals surface area contributed by atoms with Crippen LogP contribution in [0.15, 0.2) is 39.2 Å². The standard InChI is InChI=1S/C17H22O2/c1-5-19-17(18)16-10-15(8-13(16)4)9-14-6-11(2)12(3)7-14/h5-8,10H2,1-4H3. The zero-order valence-electron chi connectivity index (χ0n) is 12.4. The lowest BCUT2D eigenvalue weighted by atomic mass is 10.1. The lowest BCUT2D eigenvalue weighted by Crippen LogP contribution is -2.06. The molecule has 19 heavy (non-hydrogen) atoms. The molecule has 0 radical (unpaired) electrons. The molecule has 0 aliphatic heterocycles. The summed E-state index contributed by atoms with van der Waals surface area (Å²) in [7, 11) is 0. The third kappa shape index (κ3) is 3.08. The Labute approximate surface area is 115 Å². The summed E-state index contributed by atoms with van der Waals surface area (Å²) in [6.45, 7) is 8.69. The summed E-state index contributed by atoms with van der Waals surface area (Å²) in [6.07, 6.45) is 3.67. The van der Waals surface area contributed by atoms with Gasteiger partial charge in [-0.15, -0.1) is 5.73 Å². The van der Waals surface area contributed by atoms with Gasteiger partial charge in [-0.25, -0.2) is 4.79 Å². The Bertz CT molecular complexity index is 522. The van der Waals surface area contributed by atoms with Gasteiger partial charge >= 0.3 is 5.97 Å². The van der Waals surface area contributed by atoms with Crippen molar-refractivity contribution >= 4 is 5.97 Å². The number of carbonyl (C=O) groups excluding carboxylic acids is 1. The Morgan fingerprint density at radius 2 is 1.53 bits per heavy atom. The van der Waals surface area contributed by atoms with Crippen LogP contribution in [0.5, 0.6) is 0 Å². The molecule has 0 heterocycles. The molecule has 0 N–H and O–H groups in total. The van der Waals surface area contributed by atoms with E-state index < -0.39 is 0 Å². The maximum absolute atomic E-state index is 11.8. The van der Waals surface area contributed by atoms with Crippen LogP contribution in [-0.2, 0) is 9.53 Å². The van der Waals surface area contributed by atoms with Gasteiger partial charge in [0.2, 0.25) is 0 Å². The second-order valence-electron chi connectivity index (χ2n) is 5.58. The van der Waals surface area contributed by atoms with Gasteiger partial charge in [-0.2, -0.15) is 0 Å². The van der Waals surface area contributed by atoms with E-state index in [9.17, 15) is 4.79 Å². The van der Waals surface area contributed by atoms with Gasteiger partial charge in [0, 0.05) is 12.0 Å². The van der Waals surface area contributed by atoms with E-state index in [2.05, 4.69) is 19.6 Å². The van der Waals surface area contributed by atoms with Crippen molar-refractivity contribution < 1.29 is 9.53 Å². The molecule has 2 aliphatic carbocycles. The van der Waals surface area contributed by atoms with Gasteiger partial charge in [0.25, 0.3) is 0 Å². The van der Waals surface area contributed by atoms with Crippen LogP contribution in [0.2, 0.25) is 0 Å². The van der Waals surface area contributed by atoms with Gasteiger partial charge in [0.05, 0.1) is 6.61 Å². The topological polar surface area (TPSA) is 26.3 Å². The Balaban J connectivity index is 2.13. The highest BCUT2D eigenvalue weighted by Crippen LogP contribution is 2.34. The highest BCUT2D eigenvalue weighted by atomic mass is 16.5. The molecule has 0 saturated heterocycles. The minimum absolute atomic E-state index is 0.154. The second-order valence-corrected chi connectivity index (χ2v) is 5.58. The van der Waals surface area contributed by atoms with Gasteiger partial charge in [-0.05, 0) is 58.1 Å². The van der Waals surface area contributed by atoms with Gasteiger partial charge in [-0.3, -0.25) is 0 Å². The molecule has 0 spiro atoms. The molecule has 2 rings (SSSR count). The van der Waals surface area contributed by atoms with E-state index in [1.165, 1.54) is 22.3 Å². The maximum atomic E-state index is 11.8. The maximum Gasteiger partial charge on any atom is 0.334 e. The summed E-state index contributed by atoms with van der Waals surface area (Å²) >= 11 is 0. The van der Waals surface area contributed by atoms with Gasteiger partial charge in [0.15, 0.2) is 0 Å². The summed E-state index contributed by atoms with van der Waals surface area (Å²) in [5.74, 6) is -0.154. The molecule has 0 unspecified atom stereocenters. The first-order valence-electron chi connectivity index (χ1n) is 6.98. The fraction of sp³-hybridized carbons (Fsp3) is 0.529. The zero-order valence-corrected chi connectivity index (χ0v) is 12.4. The second kappa shape index (κ2) is 5.63. The molecule has 0 amide bonds. The molecule has 2 nitrogen and oxygen atoms in total. The van der Waals surface area contributed by atoms with Crippen molar-refractivity contribution in [1.29, 1.82) is 0 Å². The molecule has 0 saturated carbocycles. The van der Waals surface area contributed by atoms with Gasteiger partial charge < -0.3 is 4.74 Å². The van der Waals surface area contributed by atoms with Crippen LogP contribution >= 0.6 is 0 Å². The van der Waals surface area contributed by atoms with E-state index in [4.69, 9.17) is 4.74 Å². The van der Waals surface area contributed by atoms with Crippen LogP contribution in [-0.4, -0.2) is 12.6 Å². The SMILES string of the molecule is CCOC(=O)C1=C(C)CC(=C=C2CC(C)=C(C)C2)C1. The summed E-state index contributed by atoms with van der Waals surface area (Å²) < 4.78 is 5.10. The number of hydrogen-bond acceptors (Lipinski definition) is 2. The largest absolute Gasteiger partial charge is 0.463 e. The van der Waals surface area contributed by atoms with Crippen molar-refractivity contribution in [3.8, 4) is 0 Å². The predicted octanol–water partition coefficient (Wildman–Crippen LogP) is 4.24. The summed E-state index contributed by atoms with van der Waals surface area (Å²) in [4.78, 5) is 11.8. The van der Waals surface area contributed by atoms with E-state index in [1.54, 1.807) is 0 Å². The third-order valence-corrected chi connectivity index (χ3v) is 3.94. The normalized spacial score (nSPS) is 19.4. The van der Waals surface area contributed by atoms with Crippen LogP contribution in [0, 0.1) is 0 Å². The molecule has 102 valence electrons. The van der Waals surface area contributed by atoms with Gasteiger partial charge in [-0.1, -0.05) is 16.7 Å². The van der Waals surface area contributed by atoms with Gasteiger partial charge in [0.1, 0.15) is 0 Å². The fourth-order valence-electron chi connectivity index (χ4n) is 2.75. The fourth-order valence-corrected chi connectivity index (χ4v) is 2.75. The number of allylic oxidation sites excluding steroid dienone is 4. The predicted molar refractivity (Wildman–Crippen MR) is 76.7 cm³/mol. The molecule has 0 aromatic carbocycles. The Hall–Kier alpha value is -1.53. The average Bonchev–Trinajstić information content (AvgIpc) is 2.84. The first-order chi connectivity index (χ1) is 9.01. The van der Waals surface area contributed by atoms with Crippen molar-refractivity contribution in [2.24, 2.45) is 0 Å². The molecule has 0 bridgehead atoms. The molecule has 0 fully saturated rings. The van der Waals surface area contributed by atoms with E-state index in [-0.39, 0.29) is 5.97 Å². The van der Waals surface area contributed by atoms with Crippen molar-refractivity contribution in [3.05, 3.63) is 39.2 Å². The molecule has 2 heteroatoms. The average molecular weight is 258 g/mol. The smallest absolute Gasteiger partial charge is 0.334 e. The number of carbonyl (C=O) groups is 1. The van der Waals surface area contributed by atoms with Crippen molar-refractivity contribution in [3.63, 3.8) is 0 Å². The minimum atomic E-state index is -0.154. The first-order valence-corrected chi connectivity index (χ1v) is 6.98.